The normalized spacial score (nSPS) is 11.0. The predicted octanol–water partition coefficient (Wildman–Crippen LogP) is 8.32. The summed E-state index contributed by atoms with van der Waals surface area (Å²) in [6.07, 6.45) is 0.0752. The van der Waals surface area contributed by atoms with Crippen LogP contribution in [-0.2, 0) is 13.8 Å². The quantitative estimate of drug-likeness (QED) is 0.0949. The van der Waals surface area contributed by atoms with Crippen LogP contribution in [0.25, 0.3) is 0 Å². The van der Waals surface area contributed by atoms with Crippen molar-refractivity contribution in [1.82, 2.24) is 0 Å². The highest BCUT2D eigenvalue weighted by molar-refractivity contribution is 14.2. The lowest BCUT2D eigenvalue weighted by Gasteiger charge is -2.22. The predicted molar refractivity (Wildman–Crippen MR) is 156 cm³/mol. The van der Waals surface area contributed by atoms with E-state index in [2.05, 4.69) is 21.2 Å². The molecule has 0 aromatic heterocycles. The topological polar surface area (TPSA) is 63.2 Å². The van der Waals surface area contributed by atoms with Gasteiger partial charge in [-0.15, -0.1) is 0 Å². The van der Waals surface area contributed by atoms with Crippen molar-refractivity contribution in [2.24, 2.45) is 0 Å². The second kappa shape index (κ2) is 17.4. The van der Waals surface area contributed by atoms with E-state index in [0.717, 1.165) is 11.1 Å². The second-order valence-corrected chi connectivity index (χ2v) is 11.9. The molecule has 0 unspecified atom stereocenters. The molecule has 196 valence electrons. The molecule has 0 N–H and O–H groups in total. The van der Waals surface area contributed by atoms with Crippen molar-refractivity contribution in [3.63, 3.8) is 0 Å². The average Bonchev–Trinajstić information content (AvgIpc) is 2.79. The Morgan fingerprint density at radius 3 is 1.94 bits per heavy atom. The van der Waals surface area contributed by atoms with E-state index in [1.807, 2.05) is 79.7 Å². The van der Waals surface area contributed by atoms with Crippen molar-refractivity contribution in [1.29, 1.82) is 0 Å². The molecule has 35 heavy (non-hydrogen) atoms. The maximum atomic E-state index is 12.5. The van der Waals surface area contributed by atoms with E-state index < -0.39 is 14.3 Å². The van der Waals surface area contributed by atoms with Gasteiger partial charge in [0.25, 0.3) is 0 Å². The number of ether oxygens (including phenoxy) is 3. The van der Waals surface area contributed by atoms with E-state index in [9.17, 15) is 4.79 Å². The van der Waals surface area contributed by atoms with Crippen molar-refractivity contribution in [2.75, 3.05) is 12.4 Å². The smallest absolute Gasteiger partial charge is 0.338 e. The van der Waals surface area contributed by atoms with Crippen LogP contribution in [-0.4, -0.2) is 36.6 Å². The lowest BCUT2D eigenvalue weighted by molar-refractivity contribution is 0.0529. The number of carbonyl (C=O) groups excluding carboxylic acids is 1. The van der Waals surface area contributed by atoms with E-state index in [1.54, 1.807) is 27.1 Å². The first-order chi connectivity index (χ1) is 16.7. The Morgan fingerprint density at radius 1 is 0.857 bits per heavy atom. The van der Waals surface area contributed by atoms with Gasteiger partial charge in [0.05, 0.1) is 23.9 Å². The summed E-state index contributed by atoms with van der Waals surface area (Å²) in [5.74, 6) is 2.00. The number of carbonyl (C=O) groups is 1. The summed E-state index contributed by atoms with van der Waals surface area (Å²) in [6, 6.07) is 12.7. The molecule has 9 heteroatoms. The molecule has 0 saturated carbocycles. The standard InChI is InChI=1S/C24H32IO6PS.C2H6/c1-16(2)28-21-13-19(24(26)27-11-12-33-25)14-22(15-21)29-20-7-9-23(10-8-20)32(30-17(3)4)31-18(5)6;1-2/h7-10,13-18H,11-12H2,1-6H3;1-2H3. The zero-order valence-corrected chi connectivity index (χ0v) is 25.7. The van der Waals surface area contributed by atoms with Gasteiger partial charge in [0.2, 0.25) is 8.38 Å². The van der Waals surface area contributed by atoms with Gasteiger partial charge >= 0.3 is 5.97 Å². The van der Waals surface area contributed by atoms with E-state index in [-0.39, 0.29) is 18.3 Å². The second-order valence-electron chi connectivity index (χ2n) is 7.97. The third kappa shape index (κ3) is 12.6. The Hall–Kier alpha value is -1.06. The van der Waals surface area contributed by atoms with Crippen LogP contribution in [0, 0.1) is 0 Å². The monoisotopic (exact) mass is 636 g/mol. The van der Waals surface area contributed by atoms with Gasteiger partial charge in [0, 0.05) is 17.1 Å². The molecule has 0 amide bonds. The van der Waals surface area contributed by atoms with Gasteiger partial charge in [-0.3, -0.25) is 0 Å². The maximum Gasteiger partial charge on any atom is 0.338 e. The number of hydrogen-bond acceptors (Lipinski definition) is 7. The molecule has 0 aliphatic heterocycles. The number of esters is 1. The number of halogens is 1. The molecule has 0 aliphatic carbocycles. The lowest BCUT2D eigenvalue weighted by Crippen LogP contribution is -2.13. The molecular weight excluding hydrogens is 598 g/mol. The van der Waals surface area contributed by atoms with Crippen LogP contribution in [0.15, 0.2) is 42.5 Å². The first kappa shape index (κ1) is 32.0. The van der Waals surface area contributed by atoms with E-state index >= 15 is 0 Å². The number of rotatable bonds is 13. The zero-order chi connectivity index (χ0) is 26.4. The van der Waals surface area contributed by atoms with E-state index in [0.29, 0.717) is 29.4 Å². The van der Waals surface area contributed by atoms with Crippen molar-refractivity contribution < 1.29 is 28.1 Å². The van der Waals surface area contributed by atoms with E-state index in [4.69, 9.17) is 23.3 Å². The molecule has 0 heterocycles. The molecule has 0 spiro atoms. The fourth-order valence-corrected chi connectivity index (χ4v) is 4.78. The molecule has 0 atom stereocenters. The Morgan fingerprint density at radius 2 is 1.43 bits per heavy atom. The van der Waals surface area contributed by atoms with Gasteiger partial charge in [-0.2, -0.15) is 0 Å². The highest BCUT2D eigenvalue weighted by Gasteiger charge is 2.18. The summed E-state index contributed by atoms with van der Waals surface area (Å²) < 4.78 is 29.1. The first-order valence-corrected chi connectivity index (χ1v) is 16.5. The molecule has 0 saturated heterocycles. The van der Waals surface area contributed by atoms with Crippen LogP contribution in [0.5, 0.6) is 17.2 Å². The highest BCUT2D eigenvalue weighted by atomic mass is 127. The van der Waals surface area contributed by atoms with Crippen molar-refractivity contribution >= 4 is 49.8 Å². The highest BCUT2D eigenvalue weighted by Crippen LogP contribution is 2.40. The fourth-order valence-electron chi connectivity index (χ4n) is 2.64. The molecule has 0 bridgehead atoms. The molecule has 6 nitrogen and oxygen atoms in total. The van der Waals surface area contributed by atoms with Gasteiger partial charge in [-0.05, 0) is 99.1 Å². The van der Waals surface area contributed by atoms with Crippen molar-refractivity contribution in [2.45, 2.75) is 73.7 Å². The minimum absolute atomic E-state index is 0.0417. The minimum atomic E-state index is -1.18. The summed E-state index contributed by atoms with van der Waals surface area (Å²) in [4.78, 5) is 12.5. The van der Waals surface area contributed by atoms with Crippen LogP contribution < -0.4 is 14.8 Å². The fraction of sp³-hybridized carbons (Fsp3) is 0.500. The molecule has 0 radical (unpaired) electrons. The first-order valence-electron chi connectivity index (χ1n) is 11.8. The van der Waals surface area contributed by atoms with E-state index in [1.165, 1.54) is 0 Å². The summed E-state index contributed by atoms with van der Waals surface area (Å²) in [5, 5.41) is 0.967. The van der Waals surface area contributed by atoms with Gasteiger partial charge in [-0.25, -0.2) is 4.79 Å². The molecule has 2 aromatic carbocycles. The molecule has 0 aliphatic rings. The summed E-state index contributed by atoms with van der Waals surface area (Å²) >= 11 is 2.17. The summed E-state index contributed by atoms with van der Waals surface area (Å²) in [6.45, 7) is 16.2. The summed E-state index contributed by atoms with van der Waals surface area (Å²) in [7, 11) is 0.409. The van der Waals surface area contributed by atoms with Crippen LogP contribution in [0.2, 0.25) is 0 Å². The Kier molecular flexibility index (Phi) is 15.9. The van der Waals surface area contributed by atoms with Crippen molar-refractivity contribution in [3.8, 4) is 17.2 Å². The number of benzene rings is 2. The molecule has 2 aromatic rings. The third-order valence-electron chi connectivity index (χ3n) is 3.78. The largest absolute Gasteiger partial charge is 0.491 e. The Labute approximate surface area is 228 Å². The molecule has 0 fully saturated rings. The Balaban J connectivity index is 0.00000298. The molecular formula is C26H38IO6PS. The molecule has 2 rings (SSSR count). The van der Waals surface area contributed by atoms with Gasteiger partial charge in [0.1, 0.15) is 23.9 Å². The van der Waals surface area contributed by atoms with Crippen molar-refractivity contribution in [3.05, 3.63) is 48.0 Å². The van der Waals surface area contributed by atoms with Crippen LogP contribution >= 0.6 is 38.5 Å². The summed E-state index contributed by atoms with van der Waals surface area (Å²) in [5.41, 5.74) is 0.386. The van der Waals surface area contributed by atoms with Gasteiger partial charge in [-0.1, -0.05) is 22.8 Å². The van der Waals surface area contributed by atoms with Crippen LogP contribution in [0.1, 0.15) is 65.7 Å². The SMILES string of the molecule is CC.CC(C)Oc1cc(Oc2ccc(P(OC(C)C)OC(C)C)cc2)cc(C(=O)OCCSI)c1. The maximum absolute atomic E-state index is 12.5. The minimum Gasteiger partial charge on any atom is -0.491 e. The Bertz CT molecular complexity index is 867. The number of hydrogen-bond donors (Lipinski definition) is 0. The van der Waals surface area contributed by atoms with Crippen LogP contribution in [0.4, 0.5) is 0 Å². The third-order valence-corrected chi connectivity index (χ3v) is 7.37. The lowest BCUT2D eigenvalue weighted by atomic mass is 10.2. The van der Waals surface area contributed by atoms with Gasteiger partial charge < -0.3 is 23.3 Å². The van der Waals surface area contributed by atoms with Crippen LogP contribution in [0.3, 0.4) is 0 Å². The average molecular weight is 637 g/mol. The van der Waals surface area contributed by atoms with Gasteiger partial charge in [0.15, 0.2) is 0 Å². The zero-order valence-electron chi connectivity index (χ0n) is 21.9.